The molecule has 1 amide bonds. The second-order valence-corrected chi connectivity index (χ2v) is 2.74. The van der Waals surface area contributed by atoms with Gasteiger partial charge in [-0.25, -0.2) is 5.48 Å². The Morgan fingerprint density at radius 1 is 1.43 bits per heavy atom. The second kappa shape index (κ2) is 5.04. The SMILES string of the molecule is C=C(N)CONC(=O)c1ccccc1. The Morgan fingerprint density at radius 3 is 2.64 bits per heavy atom. The zero-order valence-corrected chi connectivity index (χ0v) is 7.69. The largest absolute Gasteiger partial charge is 0.401 e. The number of rotatable bonds is 4. The minimum atomic E-state index is -0.299. The van der Waals surface area contributed by atoms with E-state index in [4.69, 9.17) is 10.6 Å². The third kappa shape index (κ3) is 3.28. The van der Waals surface area contributed by atoms with Crippen LogP contribution >= 0.6 is 0 Å². The highest BCUT2D eigenvalue weighted by Gasteiger charge is 2.02. The molecule has 0 aliphatic heterocycles. The van der Waals surface area contributed by atoms with Crippen molar-refractivity contribution in [1.82, 2.24) is 5.48 Å². The Bertz CT molecular complexity index is 322. The van der Waals surface area contributed by atoms with Crippen molar-refractivity contribution in [3.8, 4) is 0 Å². The zero-order chi connectivity index (χ0) is 10.4. The Labute approximate surface area is 82.3 Å². The zero-order valence-electron chi connectivity index (χ0n) is 7.69. The van der Waals surface area contributed by atoms with E-state index >= 15 is 0 Å². The number of benzene rings is 1. The van der Waals surface area contributed by atoms with Crippen LogP contribution in [0.25, 0.3) is 0 Å². The van der Waals surface area contributed by atoms with Gasteiger partial charge in [0.15, 0.2) is 0 Å². The molecule has 4 nitrogen and oxygen atoms in total. The molecule has 0 saturated carbocycles. The third-order valence-corrected chi connectivity index (χ3v) is 1.46. The Balaban J connectivity index is 2.40. The predicted molar refractivity (Wildman–Crippen MR) is 53.2 cm³/mol. The number of nitrogens with one attached hydrogen (secondary N) is 1. The molecule has 0 fully saturated rings. The van der Waals surface area contributed by atoms with E-state index in [1.54, 1.807) is 24.3 Å². The maximum atomic E-state index is 11.3. The summed E-state index contributed by atoms with van der Waals surface area (Å²) in [5.41, 5.74) is 8.39. The first-order valence-electron chi connectivity index (χ1n) is 4.10. The minimum absolute atomic E-state index is 0.110. The lowest BCUT2D eigenvalue weighted by atomic mass is 10.2. The number of carbonyl (C=O) groups excluding carboxylic acids is 1. The number of hydroxylamine groups is 1. The fourth-order valence-corrected chi connectivity index (χ4v) is 0.843. The molecule has 0 radical (unpaired) electrons. The molecular weight excluding hydrogens is 180 g/mol. The van der Waals surface area contributed by atoms with Crippen molar-refractivity contribution in [3.63, 3.8) is 0 Å². The number of hydrogen-bond donors (Lipinski definition) is 2. The van der Waals surface area contributed by atoms with Crippen LogP contribution in [0.5, 0.6) is 0 Å². The fraction of sp³-hybridized carbons (Fsp3) is 0.100. The maximum Gasteiger partial charge on any atom is 0.274 e. The van der Waals surface area contributed by atoms with E-state index in [0.29, 0.717) is 11.3 Å². The predicted octanol–water partition coefficient (Wildman–Crippen LogP) is 0.820. The highest BCUT2D eigenvalue weighted by Crippen LogP contribution is 1.97. The van der Waals surface area contributed by atoms with Crippen molar-refractivity contribution in [2.45, 2.75) is 0 Å². The molecule has 0 spiro atoms. The summed E-state index contributed by atoms with van der Waals surface area (Å²) in [7, 11) is 0. The van der Waals surface area contributed by atoms with Gasteiger partial charge in [0.2, 0.25) is 0 Å². The van der Waals surface area contributed by atoms with E-state index in [-0.39, 0.29) is 12.5 Å². The summed E-state index contributed by atoms with van der Waals surface area (Å²) >= 11 is 0. The van der Waals surface area contributed by atoms with Crippen molar-refractivity contribution < 1.29 is 9.63 Å². The molecule has 0 bridgehead atoms. The number of amides is 1. The van der Waals surface area contributed by atoms with Crippen LogP contribution in [0.4, 0.5) is 0 Å². The molecule has 14 heavy (non-hydrogen) atoms. The molecule has 74 valence electrons. The van der Waals surface area contributed by atoms with E-state index in [0.717, 1.165) is 0 Å². The van der Waals surface area contributed by atoms with Gasteiger partial charge < -0.3 is 5.73 Å². The molecule has 0 aromatic heterocycles. The number of carbonyl (C=O) groups is 1. The molecule has 0 aliphatic carbocycles. The molecule has 1 aromatic rings. The summed E-state index contributed by atoms with van der Waals surface area (Å²) in [6.07, 6.45) is 0. The normalized spacial score (nSPS) is 9.43. The lowest BCUT2D eigenvalue weighted by molar-refractivity contribution is 0.0398. The summed E-state index contributed by atoms with van der Waals surface area (Å²) in [5, 5.41) is 0. The van der Waals surface area contributed by atoms with Crippen molar-refractivity contribution in [2.24, 2.45) is 5.73 Å². The van der Waals surface area contributed by atoms with E-state index < -0.39 is 0 Å². The van der Waals surface area contributed by atoms with Crippen LogP contribution in [-0.2, 0) is 4.84 Å². The standard InChI is InChI=1S/C10H12N2O2/c1-8(11)7-14-12-10(13)9-5-3-2-4-6-9/h2-6H,1,7,11H2,(H,12,13). The van der Waals surface area contributed by atoms with Crippen molar-refractivity contribution in [3.05, 3.63) is 48.2 Å². The Morgan fingerprint density at radius 2 is 2.07 bits per heavy atom. The van der Waals surface area contributed by atoms with Crippen molar-refractivity contribution in [2.75, 3.05) is 6.61 Å². The molecule has 1 rings (SSSR count). The van der Waals surface area contributed by atoms with Gasteiger partial charge in [0.1, 0.15) is 6.61 Å². The summed E-state index contributed by atoms with van der Waals surface area (Å²) in [6, 6.07) is 8.76. The highest BCUT2D eigenvalue weighted by atomic mass is 16.6. The first-order valence-corrected chi connectivity index (χ1v) is 4.10. The third-order valence-electron chi connectivity index (χ3n) is 1.46. The molecule has 0 saturated heterocycles. The molecule has 0 unspecified atom stereocenters. The highest BCUT2D eigenvalue weighted by molar-refractivity contribution is 5.93. The topological polar surface area (TPSA) is 64.3 Å². The fourth-order valence-electron chi connectivity index (χ4n) is 0.843. The van der Waals surface area contributed by atoms with E-state index in [2.05, 4.69) is 12.1 Å². The Hall–Kier alpha value is -1.81. The van der Waals surface area contributed by atoms with Crippen LogP contribution in [-0.4, -0.2) is 12.5 Å². The van der Waals surface area contributed by atoms with Crippen LogP contribution in [0, 0.1) is 0 Å². The van der Waals surface area contributed by atoms with Crippen LogP contribution in [0.15, 0.2) is 42.6 Å². The van der Waals surface area contributed by atoms with Crippen molar-refractivity contribution in [1.29, 1.82) is 0 Å². The molecule has 4 heteroatoms. The van der Waals surface area contributed by atoms with Gasteiger partial charge in [-0.3, -0.25) is 9.63 Å². The van der Waals surface area contributed by atoms with E-state index in [9.17, 15) is 4.79 Å². The lowest BCUT2D eigenvalue weighted by Gasteiger charge is -2.04. The van der Waals surface area contributed by atoms with Crippen LogP contribution in [0.3, 0.4) is 0 Å². The van der Waals surface area contributed by atoms with E-state index in [1.807, 2.05) is 6.07 Å². The summed E-state index contributed by atoms with van der Waals surface area (Å²) in [5.74, 6) is -0.299. The molecule has 1 aromatic carbocycles. The lowest BCUT2D eigenvalue weighted by Crippen LogP contribution is -2.25. The summed E-state index contributed by atoms with van der Waals surface area (Å²) in [4.78, 5) is 16.1. The van der Waals surface area contributed by atoms with Gasteiger partial charge in [-0.15, -0.1) is 0 Å². The molecule has 0 heterocycles. The van der Waals surface area contributed by atoms with Crippen molar-refractivity contribution >= 4 is 5.91 Å². The van der Waals surface area contributed by atoms with Gasteiger partial charge in [0.25, 0.3) is 5.91 Å². The first kappa shape index (κ1) is 10.3. The molecule has 0 aliphatic rings. The van der Waals surface area contributed by atoms with Crippen LogP contribution in [0.2, 0.25) is 0 Å². The van der Waals surface area contributed by atoms with E-state index in [1.165, 1.54) is 0 Å². The van der Waals surface area contributed by atoms with Gasteiger partial charge in [-0.2, -0.15) is 0 Å². The molecule has 0 atom stereocenters. The summed E-state index contributed by atoms with van der Waals surface area (Å²) in [6.45, 7) is 3.54. The van der Waals surface area contributed by atoms with Gasteiger partial charge in [-0.1, -0.05) is 24.8 Å². The van der Waals surface area contributed by atoms with Crippen LogP contribution < -0.4 is 11.2 Å². The average molecular weight is 192 g/mol. The summed E-state index contributed by atoms with van der Waals surface area (Å²) < 4.78 is 0. The smallest absolute Gasteiger partial charge is 0.274 e. The number of nitrogens with two attached hydrogens (primary N) is 1. The first-order chi connectivity index (χ1) is 6.70. The quantitative estimate of drug-likeness (QED) is 0.694. The maximum absolute atomic E-state index is 11.3. The molecular formula is C10H12N2O2. The van der Waals surface area contributed by atoms with Gasteiger partial charge in [0, 0.05) is 11.3 Å². The minimum Gasteiger partial charge on any atom is -0.401 e. The van der Waals surface area contributed by atoms with Gasteiger partial charge in [0.05, 0.1) is 0 Å². The van der Waals surface area contributed by atoms with Gasteiger partial charge in [-0.05, 0) is 12.1 Å². The molecule has 3 N–H and O–H groups in total. The average Bonchev–Trinajstić information content (AvgIpc) is 2.18. The Kier molecular flexibility index (Phi) is 3.69. The monoisotopic (exact) mass is 192 g/mol. The number of hydrogen-bond acceptors (Lipinski definition) is 3. The second-order valence-electron chi connectivity index (χ2n) is 2.74. The van der Waals surface area contributed by atoms with Crippen LogP contribution in [0.1, 0.15) is 10.4 Å². The van der Waals surface area contributed by atoms with Gasteiger partial charge >= 0.3 is 0 Å².